The van der Waals surface area contributed by atoms with Crippen LogP contribution in [0.2, 0.25) is 0 Å². The number of hydrogen-bond donors (Lipinski definition) is 2. The van der Waals surface area contributed by atoms with Gasteiger partial charge >= 0.3 is 6.18 Å². The van der Waals surface area contributed by atoms with E-state index in [0.29, 0.717) is 0 Å². The van der Waals surface area contributed by atoms with Crippen LogP contribution in [-0.2, 0) is 0 Å². The van der Waals surface area contributed by atoms with Crippen LogP contribution in [0.3, 0.4) is 0 Å². The molecule has 1 heterocycles. The van der Waals surface area contributed by atoms with Crippen LogP contribution in [0, 0.1) is 0 Å². The van der Waals surface area contributed by atoms with E-state index in [4.69, 9.17) is 5.11 Å². The summed E-state index contributed by atoms with van der Waals surface area (Å²) in [6.07, 6.45) is -5.81. The number of alkyl halides is 4. The largest absolute Gasteiger partial charge is 0.419 e. The van der Waals surface area contributed by atoms with Gasteiger partial charge in [0.15, 0.2) is 6.10 Å². The highest BCUT2D eigenvalue weighted by Gasteiger charge is 2.42. The van der Waals surface area contributed by atoms with E-state index in [9.17, 15) is 13.2 Å². The molecule has 2 unspecified atom stereocenters. The molecule has 7 heteroatoms. The third-order valence-corrected chi connectivity index (χ3v) is 2.96. The van der Waals surface area contributed by atoms with Crippen LogP contribution in [-0.4, -0.2) is 21.7 Å². The maximum Gasteiger partial charge on any atom is 0.419 e. The van der Waals surface area contributed by atoms with Crippen molar-refractivity contribution < 1.29 is 18.3 Å². The predicted octanol–water partition coefficient (Wildman–Crippen LogP) is 1.77. The first-order chi connectivity index (χ1) is 5.41. The van der Waals surface area contributed by atoms with Crippen molar-refractivity contribution >= 4 is 27.7 Å². The van der Waals surface area contributed by atoms with E-state index in [1.165, 1.54) is 0 Å². The Bertz CT molecular complexity index is 207. The Morgan fingerprint density at radius 2 is 2.25 bits per heavy atom. The van der Waals surface area contributed by atoms with Crippen molar-refractivity contribution in [3.63, 3.8) is 0 Å². The molecule has 0 bridgehead atoms. The van der Waals surface area contributed by atoms with E-state index in [1.807, 2.05) is 0 Å². The molecule has 2 N–H and O–H groups in total. The Balaban J connectivity index is 2.60. The fourth-order valence-electron chi connectivity index (χ4n) is 0.640. The van der Waals surface area contributed by atoms with Crippen LogP contribution in [0.4, 0.5) is 13.2 Å². The van der Waals surface area contributed by atoms with Gasteiger partial charge in [-0.3, -0.25) is 0 Å². The van der Waals surface area contributed by atoms with Crippen LogP contribution >= 0.6 is 27.7 Å². The minimum Gasteiger partial charge on any atom is -0.379 e. The zero-order valence-corrected chi connectivity index (χ0v) is 8.00. The standard InChI is InChI=1S/C5H5BrF3NOS/c6-4-10-1-2(12-4)3(11)5(7,8)9/h1,3-4,10-11H. The summed E-state index contributed by atoms with van der Waals surface area (Å²) in [5.41, 5.74) is 0. The van der Waals surface area contributed by atoms with Crippen molar-refractivity contribution in [1.82, 2.24) is 5.32 Å². The van der Waals surface area contributed by atoms with Crippen LogP contribution in [0.25, 0.3) is 0 Å². The van der Waals surface area contributed by atoms with Gasteiger partial charge in [0.2, 0.25) is 0 Å². The zero-order valence-electron chi connectivity index (χ0n) is 5.60. The molecule has 1 aliphatic rings. The van der Waals surface area contributed by atoms with Gasteiger partial charge in [-0.05, 0) is 0 Å². The number of aliphatic hydroxyl groups excluding tert-OH is 1. The van der Waals surface area contributed by atoms with Crippen molar-refractivity contribution in [2.24, 2.45) is 0 Å². The summed E-state index contributed by atoms with van der Waals surface area (Å²) in [6, 6.07) is 0. The highest BCUT2D eigenvalue weighted by atomic mass is 79.9. The smallest absolute Gasteiger partial charge is 0.379 e. The van der Waals surface area contributed by atoms with Crippen molar-refractivity contribution in [3.8, 4) is 0 Å². The number of aliphatic hydroxyl groups is 1. The van der Waals surface area contributed by atoms with Crippen molar-refractivity contribution in [3.05, 3.63) is 11.1 Å². The minimum atomic E-state index is -4.59. The lowest BCUT2D eigenvalue weighted by molar-refractivity contribution is -0.188. The summed E-state index contributed by atoms with van der Waals surface area (Å²) in [5.74, 6) is 0. The van der Waals surface area contributed by atoms with E-state index in [-0.39, 0.29) is 9.19 Å². The Morgan fingerprint density at radius 1 is 1.67 bits per heavy atom. The molecule has 2 atom stereocenters. The Labute approximate surface area is 79.3 Å². The molecule has 0 aromatic heterocycles. The third-order valence-electron chi connectivity index (χ3n) is 1.18. The highest BCUT2D eigenvalue weighted by molar-refractivity contribution is 9.11. The first-order valence-corrected chi connectivity index (χ1v) is 4.72. The second kappa shape index (κ2) is 3.47. The number of rotatable bonds is 1. The second-order valence-corrected chi connectivity index (χ2v) is 4.79. The molecule has 70 valence electrons. The average Bonchev–Trinajstić information content (AvgIpc) is 2.32. The molecular formula is C5H5BrF3NOS. The lowest BCUT2D eigenvalue weighted by Crippen LogP contribution is -2.29. The van der Waals surface area contributed by atoms with E-state index in [1.54, 1.807) is 0 Å². The monoisotopic (exact) mass is 263 g/mol. The molecule has 2 nitrogen and oxygen atoms in total. The quantitative estimate of drug-likeness (QED) is 0.559. The first kappa shape index (κ1) is 10.2. The number of nitrogens with one attached hydrogen (secondary N) is 1. The summed E-state index contributed by atoms with van der Waals surface area (Å²) in [6.45, 7) is 0. The van der Waals surface area contributed by atoms with Gasteiger partial charge in [0.25, 0.3) is 0 Å². The fourth-order valence-corrected chi connectivity index (χ4v) is 2.19. The molecule has 1 rings (SSSR count). The van der Waals surface area contributed by atoms with E-state index in [0.717, 1.165) is 18.0 Å². The Morgan fingerprint density at radius 3 is 2.58 bits per heavy atom. The summed E-state index contributed by atoms with van der Waals surface area (Å²) >= 11 is 3.93. The normalized spacial score (nSPS) is 26.4. The first-order valence-electron chi connectivity index (χ1n) is 2.93. The maximum absolute atomic E-state index is 11.9. The Kier molecular flexibility index (Phi) is 2.95. The van der Waals surface area contributed by atoms with Crippen molar-refractivity contribution in [1.29, 1.82) is 0 Å². The van der Waals surface area contributed by atoms with E-state index < -0.39 is 12.3 Å². The van der Waals surface area contributed by atoms with Crippen LogP contribution in [0.1, 0.15) is 0 Å². The van der Waals surface area contributed by atoms with Gasteiger partial charge in [-0.1, -0.05) is 27.7 Å². The van der Waals surface area contributed by atoms with E-state index in [2.05, 4.69) is 21.2 Å². The Hall–Kier alpha value is 0.120. The van der Waals surface area contributed by atoms with E-state index >= 15 is 0 Å². The topological polar surface area (TPSA) is 32.3 Å². The highest BCUT2D eigenvalue weighted by Crippen LogP contribution is 2.37. The predicted molar refractivity (Wildman–Crippen MR) is 43.6 cm³/mol. The SMILES string of the molecule is OC(C1=CNC(Br)S1)C(F)(F)F. The molecule has 0 saturated carbocycles. The summed E-state index contributed by atoms with van der Waals surface area (Å²) < 4.78 is 35.4. The summed E-state index contributed by atoms with van der Waals surface area (Å²) in [7, 11) is 0. The van der Waals surface area contributed by atoms with Gasteiger partial charge in [-0.15, -0.1) is 0 Å². The average molecular weight is 264 g/mol. The molecule has 0 fully saturated rings. The number of halogens is 4. The van der Waals surface area contributed by atoms with Gasteiger partial charge in [0.05, 0.1) is 0 Å². The minimum absolute atomic E-state index is 0.121. The van der Waals surface area contributed by atoms with Gasteiger partial charge in [-0.2, -0.15) is 13.2 Å². The molecule has 0 aromatic carbocycles. The molecule has 1 aliphatic heterocycles. The maximum atomic E-state index is 11.9. The zero-order chi connectivity index (χ0) is 9.35. The molecule has 0 aromatic rings. The second-order valence-electron chi connectivity index (χ2n) is 2.09. The van der Waals surface area contributed by atoms with Crippen molar-refractivity contribution in [2.75, 3.05) is 0 Å². The number of hydrogen-bond acceptors (Lipinski definition) is 3. The van der Waals surface area contributed by atoms with Crippen LogP contribution < -0.4 is 5.32 Å². The van der Waals surface area contributed by atoms with Crippen molar-refractivity contribution in [2.45, 2.75) is 16.6 Å². The van der Waals surface area contributed by atoms with Crippen LogP contribution in [0.15, 0.2) is 11.1 Å². The fraction of sp³-hybridized carbons (Fsp3) is 0.600. The molecule has 12 heavy (non-hydrogen) atoms. The lowest BCUT2D eigenvalue weighted by atomic mass is 10.3. The van der Waals surface area contributed by atoms with Gasteiger partial charge in [-0.25, -0.2) is 0 Å². The summed E-state index contributed by atoms with van der Waals surface area (Å²) in [4.78, 5) is -0.121. The third kappa shape index (κ3) is 2.30. The molecule has 0 aliphatic carbocycles. The van der Waals surface area contributed by atoms with Crippen LogP contribution in [0.5, 0.6) is 0 Å². The van der Waals surface area contributed by atoms with Gasteiger partial charge < -0.3 is 10.4 Å². The lowest BCUT2D eigenvalue weighted by Gasteiger charge is -2.14. The molecule has 0 radical (unpaired) electrons. The number of thioether (sulfide) groups is 1. The molecule has 0 saturated heterocycles. The molecule has 0 amide bonds. The summed E-state index contributed by atoms with van der Waals surface area (Å²) in [5, 5.41) is 11.3. The molecular weight excluding hydrogens is 259 g/mol. The molecule has 0 spiro atoms. The van der Waals surface area contributed by atoms with Gasteiger partial charge in [0.1, 0.15) is 4.28 Å². The van der Waals surface area contributed by atoms with Gasteiger partial charge in [0, 0.05) is 11.1 Å².